The number of halogens is 2. The van der Waals surface area contributed by atoms with Gasteiger partial charge in [0.2, 0.25) is 0 Å². The number of rotatable bonds is 2. The summed E-state index contributed by atoms with van der Waals surface area (Å²) in [5.41, 5.74) is 0.507. The lowest BCUT2D eigenvalue weighted by molar-refractivity contribution is 0.227. The molecule has 0 aliphatic carbocycles. The van der Waals surface area contributed by atoms with Crippen molar-refractivity contribution in [1.29, 1.82) is 0 Å². The van der Waals surface area contributed by atoms with Crippen molar-refractivity contribution in [2.24, 2.45) is 0 Å². The molecule has 1 unspecified atom stereocenters. The smallest absolute Gasteiger partial charge is 0.101 e. The molecule has 0 spiro atoms. The average molecular weight is 187 g/mol. The van der Waals surface area contributed by atoms with E-state index in [9.17, 15) is 9.50 Å². The van der Waals surface area contributed by atoms with Gasteiger partial charge in [-0.25, -0.2) is 4.39 Å². The quantitative estimate of drug-likeness (QED) is 0.753. The van der Waals surface area contributed by atoms with Crippen molar-refractivity contribution in [1.82, 2.24) is 0 Å². The van der Waals surface area contributed by atoms with Crippen molar-refractivity contribution in [2.75, 3.05) is 0 Å². The summed E-state index contributed by atoms with van der Waals surface area (Å²) < 4.78 is 11.7. The summed E-state index contributed by atoms with van der Waals surface area (Å²) in [5.74, 6) is 0. The topological polar surface area (TPSA) is 20.2 Å². The molecule has 0 saturated carbocycles. The molecule has 0 aromatic heterocycles. The normalized spacial score (nSPS) is 13.6. The van der Waals surface area contributed by atoms with Crippen LogP contribution >= 0.6 is 11.6 Å². The van der Waals surface area contributed by atoms with Crippen LogP contribution in [-0.2, 0) is 0 Å². The Hall–Kier alpha value is -0.860. The highest BCUT2D eigenvalue weighted by molar-refractivity contribution is 6.31. The van der Waals surface area contributed by atoms with E-state index in [0.717, 1.165) is 6.08 Å². The van der Waals surface area contributed by atoms with E-state index in [1.54, 1.807) is 24.3 Å². The van der Waals surface area contributed by atoms with Crippen LogP contribution < -0.4 is 0 Å². The van der Waals surface area contributed by atoms with Crippen LogP contribution in [0.4, 0.5) is 4.39 Å². The predicted octanol–water partition coefficient (Wildman–Crippen LogP) is 2.86. The van der Waals surface area contributed by atoms with Crippen LogP contribution in [0.2, 0.25) is 5.02 Å². The zero-order valence-corrected chi connectivity index (χ0v) is 7.00. The van der Waals surface area contributed by atoms with E-state index in [0.29, 0.717) is 16.9 Å². The molecule has 3 heteroatoms. The summed E-state index contributed by atoms with van der Waals surface area (Å²) in [5, 5.41) is 9.72. The number of hydrogen-bond acceptors (Lipinski definition) is 1. The van der Waals surface area contributed by atoms with Crippen molar-refractivity contribution >= 4 is 11.6 Å². The minimum atomic E-state index is -0.969. The van der Waals surface area contributed by atoms with E-state index in [4.69, 9.17) is 11.6 Å². The first kappa shape index (κ1) is 9.23. The first-order valence-corrected chi connectivity index (χ1v) is 3.83. The molecule has 1 aromatic carbocycles. The van der Waals surface area contributed by atoms with Gasteiger partial charge in [-0.2, -0.15) is 0 Å². The summed E-state index contributed by atoms with van der Waals surface area (Å²) in [7, 11) is 0. The van der Waals surface area contributed by atoms with Crippen LogP contribution in [0, 0.1) is 0 Å². The van der Waals surface area contributed by atoms with Crippen molar-refractivity contribution < 1.29 is 9.50 Å². The van der Waals surface area contributed by atoms with E-state index in [2.05, 4.69) is 0 Å². The lowest BCUT2D eigenvalue weighted by Gasteiger charge is -2.06. The van der Waals surface area contributed by atoms with Crippen molar-refractivity contribution in [3.63, 3.8) is 0 Å². The Morgan fingerprint density at radius 3 is 2.67 bits per heavy atom. The summed E-state index contributed by atoms with van der Waals surface area (Å²) >= 11 is 5.74. The molecule has 1 nitrogen and oxygen atoms in total. The van der Waals surface area contributed by atoms with Gasteiger partial charge in [0, 0.05) is 10.6 Å². The largest absolute Gasteiger partial charge is 0.384 e. The van der Waals surface area contributed by atoms with E-state index >= 15 is 0 Å². The SMILES string of the molecule is OC(/C=C/F)c1ccccc1Cl. The molecule has 0 amide bonds. The first-order chi connectivity index (χ1) is 5.75. The highest BCUT2D eigenvalue weighted by atomic mass is 35.5. The number of aliphatic hydroxyl groups excluding tert-OH is 1. The summed E-state index contributed by atoms with van der Waals surface area (Å²) in [6, 6.07) is 6.77. The summed E-state index contributed by atoms with van der Waals surface area (Å²) in [6.07, 6.45) is 0.360. The van der Waals surface area contributed by atoms with Gasteiger partial charge < -0.3 is 5.11 Å². The number of aliphatic hydroxyl groups is 1. The van der Waals surface area contributed by atoms with Crippen molar-refractivity contribution in [2.45, 2.75) is 6.10 Å². The molecule has 1 aromatic rings. The van der Waals surface area contributed by atoms with E-state index < -0.39 is 6.10 Å². The molecule has 0 radical (unpaired) electrons. The van der Waals surface area contributed by atoms with Gasteiger partial charge in [-0.15, -0.1) is 0 Å². The monoisotopic (exact) mass is 186 g/mol. The van der Waals surface area contributed by atoms with E-state index in [1.807, 2.05) is 0 Å². The molecule has 1 rings (SSSR count). The molecule has 12 heavy (non-hydrogen) atoms. The molecule has 0 aliphatic heterocycles. The molecule has 0 bridgehead atoms. The first-order valence-electron chi connectivity index (χ1n) is 3.45. The number of benzene rings is 1. The van der Waals surface area contributed by atoms with Crippen LogP contribution in [0.25, 0.3) is 0 Å². The minimum absolute atomic E-state index is 0.300. The summed E-state index contributed by atoms with van der Waals surface area (Å²) in [4.78, 5) is 0. The second-order valence-electron chi connectivity index (χ2n) is 2.28. The highest BCUT2D eigenvalue weighted by Gasteiger charge is 2.06. The minimum Gasteiger partial charge on any atom is -0.384 e. The molecular formula is C9H8ClFO. The van der Waals surface area contributed by atoms with Gasteiger partial charge in [-0.05, 0) is 12.1 Å². The molecule has 0 aliphatic rings. The lowest BCUT2D eigenvalue weighted by atomic mass is 10.1. The number of hydrogen-bond donors (Lipinski definition) is 1. The van der Waals surface area contributed by atoms with Crippen LogP contribution in [0.3, 0.4) is 0 Å². The lowest BCUT2D eigenvalue weighted by Crippen LogP contribution is -1.92. The predicted molar refractivity (Wildman–Crippen MR) is 46.7 cm³/mol. The maximum atomic E-state index is 11.7. The highest BCUT2D eigenvalue weighted by Crippen LogP contribution is 2.23. The molecule has 0 heterocycles. The Bertz CT molecular complexity index is 286. The third-order valence-corrected chi connectivity index (χ3v) is 1.82. The third kappa shape index (κ3) is 2.06. The molecule has 0 fully saturated rings. The second-order valence-corrected chi connectivity index (χ2v) is 2.69. The van der Waals surface area contributed by atoms with Crippen LogP contribution in [0.5, 0.6) is 0 Å². The van der Waals surface area contributed by atoms with E-state index in [-0.39, 0.29) is 0 Å². The van der Waals surface area contributed by atoms with Gasteiger partial charge in [-0.3, -0.25) is 0 Å². The maximum Gasteiger partial charge on any atom is 0.101 e. The Balaban J connectivity index is 2.94. The Morgan fingerprint density at radius 1 is 1.42 bits per heavy atom. The maximum absolute atomic E-state index is 11.7. The van der Waals surface area contributed by atoms with Gasteiger partial charge in [-0.1, -0.05) is 29.8 Å². The third-order valence-electron chi connectivity index (χ3n) is 1.48. The standard InChI is InChI=1S/C9H8ClFO/c10-8-4-2-1-3-7(8)9(12)5-6-11/h1-6,9,12H/b6-5+. The summed E-state index contributed by atoms with van der Waals surface area (Å²) in [6.45, 7) is 0. The molecule has 1 atom stereocenters. The van der Waals surface area contributed by atoms with Crippen LogP contribution in [0.1, 0.15) is 11.7 Å². The Labute approximate surface area is 75.1 Å². The Kier molecular flexibility index (Phi) is 3.26. The fourth-order valence-electron chi connectivity index (χ4n) is 0.888. The zero-order valence-electron chi connectivity index (χ0n) is 6.24. The van der Waals surface area contributed by atoms with Crippen molar-refractivity contribution in [3.05, 3.63) is 47.3 Å². The van der Waals surface area contributed by atoms with Gasteiger partial charge in [0.15, 0.2) is 0 Å². The van der Waals surface area contributed by atoms with Gasteiger partial charge >= 0.3 is 0 Å². The molecule has 0 saturated heterocycles. The van der Waals surface area contributed by atoms with E-state index in [1.165, 1.54) is 0 Å². The Morgan fingerprint density at radius 2 is 2.08 bits per heavy atom. The molecular weight excluding hydrogens is 179 g/mol. The molecule has 1 N–H and O–H groups in total. The second kappa shape index (κ2) is 4.24. The van der Waals surface area contributed by atoms with Gasteiger partial charge in [0.05, 0.1) is 6.33 Å². The fraction of sp³-hybridized carbons (Fsp3) is 0.111. The zero-order chi connectivity index (χ0) is 8.97. The van der Waals surface area contributed by atoms with Gasteiger partial charge in [0.25, 0.3) is 0 Å². The molecule has 64 valence electrons. The average Bonchev–Trinajstić information content (AvgIpc) is 2.05. The van der Waals surface area contributed by atoms with Crippen molar-refractivity contribution in [3.8, 4) is 0 Å². The van der Waals surface area contributed by atoms with Gasteiger partial charge in [0.1, 0.15) is 6.10 Å². The van der Waals surface area contributed by atoms with Crippen LogP contribution in [-0.4, -0.2) is 5.11 Å². The van der Waals surface area contributed by atoms with Crippen LogP contribution in [0.15, 0.2) is 36.7 Å². The fourth-order valence-corrected chi connectivity index (χ4v) is 1.14.